The number of nitrogens with two attached hydrogens (primary N) is 1. The molecule has 6 heteroatoms. The first kappa shape index (κ1) is 13.8. The van der Waals surface area contributed by atoms with Crippen molar-refractivity contribution in [1.29, 1.82) is 5.26 Å². The van der Waals surface area contributed by atoms with Gasteiger partial charge in [0.1, 0.15) is 6.07 Å². The lowest BCUT2D eigenvalue weighted by Gasteiger charge is -2.07. The van der Waals surface area contributed by atoms with Crippen molar-refractivity contribution in [3.8, 4) is 6.07 Å². The van der Waals surface area contributed by atoms with Crippen molar-refractivity contribution in [2.75, 3.05) is 11.1 Å². The summed E-state index contributed by atoms with van der Waals surface area (Å²) in [6.07, 6.45) is 1.58. The first-order valence-corrected chi connectivity index (χ1v) is 6.16. The summed E-state index contributed by atoms with van der Waals surface area (Å²) < 4.78 is 0. The maximum absolute atomic E-state index is 11.9. The number of amides is 1. The molecule has 5 nitrogen and oxygen atoms in total. The minimum atomic E-state index is -0.277. The molecule has 2 aromatic rings. The number of anilines is 2. The SMILES string of the molecule is N#Cc1ccc(Cl)cc1NC(=O)Cc1ccc(N)cn1. The van der Waals surface area contributed by atoms with Crippen LogP contribution in [0.1, 0.15) is 11.3 Å². The quantitative estimate of drug-likeness (QED) is 0.906. The summed E-state index contributed by atoms with van der Waals surface area (Å²) in [4.78, 5) is 16.0. The van der Waals surface area contributed by atoms with E-state index >= 15 is 0 Å². The van der Waals surface area contributed by atoms with Crippen LogP contribution in [0.5, 0.6) is 0 Å². The van der Waals surface area contributed by atoms with Crippen LogP contribution in [0.4, 0.5) is 11.4 Å². The molecule has 100 valence electrons. The van der Waals surface area contributed by atoms with E-state index in [-0.39, 0.29) is 12.3 Å². The van der Waals surface area contributed by atoms with E-state index in [1.54, 1.807) is 24.3 Å². The maximum Gasteiger partial charge on any atom is 0.230 e. The summed E-state index contributed by atoms with van der Waals surface area (Å²) >= 11 is 5.85. The summed E-state index contributed by atoms with van der Waals surface area (Å²) in [6, 6.07) is 10.0. The van der Waals surface area contributed by atoms with Gasteiger partial charge in [0.2, 0.25) is 5.91 Å². The van der Waals surface area contributed by atoms with Crippen molar-refractivity contribution in [3.05, 3.63) is 52.8 Å². The van der Waals surface area contributed by atoms with Crippen LogP contribution in [0.25, 0.3) is 0 Å². The van der Waals surface area contributed by atoms with Crippen LogP contribution in [0.3, 0.4) is 0 Å². The second kappa shape index (κ2) is 6.04. The normalized spacial score (nSPS) is 9.80. The zero-order chi connectivity index (χ0) is 14.5. The van der Waals surface area contributed by atoms with Gasteiger partial charge in [0.05, 0.1) is 29.6 Å². The van der Waals surface area contributed by atoms with E-state index in [2.05, 4.69) is 10.3 Å². The van der Waals surface area contributed by atoms with E-state index in [9.17, 15) is 4.79 Å². The topological polar surface area (TPSA) is 91.8 Å². The summed E-state index contributed by atoms with van der Waals surface area (Å²) in [6.45, 7) is 0. The number of carbonyl (C=O) groups excluding carboxylic acids is 1. The summed E-state index contributed by atoms with van der Waals surface area (Å²) in [5.41, 5.74) is 7.40. The average molecular weight is 287 g/mol. The minimum absolute atomic E-state index is 0.0949. The monoisotopic (exact) mass is 286 g/mol. The lowest BCUT2D eigenvalue weighted by molar-refractivity contribution is -0.115. The highest BCUT2D eigenvalue weighted by atomic mass is 35.5. The standard InChI is InChI=1S/C14H11ClN4O/c15-10-2-1-9(7-16)13(5-10)19-14(20)6-12-4-3-11(17)8-18-12/h1-5,8H,6,17H2,(H,19,20). The average Bonchev–Trinajstić information content (AvgIpc) is 2.41. The second-order valence-corrected chi connectivity index (χ2v) is 4.55. The van der Waals surface area contributed by atoms with E-state index in [1.807, 2.05) is 6.07 Å². The van der Waals surface area contributed by atoms with Gasteiger partial charge in [-0.2, -0.15) is 5.26 Å². The van der Waals surface area contributed by atoms with Crippen molar-refractivity contribution in [2.45, 2.75) is 6.42 Å². The molecular formula is C14H11ClN4O. The summed E-state index contributed by atoms with van der Waals surface area (Å²) in [5, 5.41) is 12.1. The van der Waals surface area contributed by atoms with Crippen molar-refractivity contribution in [2.24, 2.45) is 0 Å². The molecule has 1 heterocycles. The number of nitrogens with zero attached hydrogens (tertiary/aromatic N) is 2. The molecule has 1 aromatic carbocycles. The number of hydrogen-bond acceptors (Lipinski definition) is 4. The molecule has 0 fully saturated rings. The lowest BCUT2D eigenvalue weighted by atomic mass is 10.2. The van der Waals surface area contributed by atoms with Gasteiger partial charge in [-0.1, -0.05) is 11.6 Å². The molecule has 0 spiro atoms. The summed E-state index contributed by atoms with van der Waals surface area (Å²) in [5.74, 6) is -0.277. The van der Waals surface area contributed by atoms with Crippen LogP contribution in [0.15, 0.2) is 36.5 Å². The van der Waals surface area contributed by atoms with E-state index in [1.165, 1.54) is 12.3 Å². The molecule has 1 amide bonds. The highest BCUT2D eigenvalue weighted by Crippen LogP contribution is 2.20. The van der Waals surface area contributed by atoms with Crippen LogP contribution in [-0.2, 0) is 11.2 Å². The van der Waals surface area contributed by atoms with Gasteiger partial charge in [0, 0.05) is 10.7 Å². The predicted molar refractivity (Wildman–Crippen MR) is 77.2 cm³/mol. The number of nitrogens with one attached hydrogen (secondary N) is 1. The molecule has 0 bridgehead atoms. The number of nitriles is 1. The van der Waals surface area contributed by atoms with E-state index in [0.29, 0.717) is 27.7 Å². The van der Waals surface area contributed by atoms with Gasteiger partial charge in [-0.15, -0.1) is 0 Å². The maximum atomic E-state index is 11.9. The van der Waals surface area contributed by atoms with Crippen LogP contribution < -0.4 is 11.1 Å². The number of halogens is 1. The molecule has 0 saturated carbocycles. The molecule has 0 saturated heterocycles. The fourth-order valence-corrected chi connectivity index (χ4v) is 1.79. The molecular weight excluding hydrogens is 276 g/mol. The van der Waals surface area contributed by atoms with Crippen LogP contribution in [0.2, 0.25) is 5.02 Å². The first-order chi connectivity index (χ1) is 9.58. The van der Waals surface area contributed by atoms with Gasteiger partial charge in [-0.25, -0.2) is 0 Å². The Morgan fingerprint density at radius 3 is 2.85 bits per heavy atom. The number of benzene rings is 1. The van der Waals surface area contributed by atoms with Gasteiger partial charge < -0.3 is 11.1 Å². The zero-order valence-electron chi connectivity index (χ0n) is 10.4. The highest BCUT2D eigenvalue weighted by Gasteiger charge is 2.09. The third-order valence-corrected chi connectivity index (χ3v) is 2.80. The Hall–Kier alpha value is -2.58. The largest absolute Gasteiger partial charge is 0.397 e. The Morgan fingerprint density at radius 1 is 1.40 bits per heavy atom. The van der Waals surface area contributed by atoms with Gasteiger partial charge in [0.25, 0.3) is 0 Å². The summed E-state index contributed by atoms with van der Waals surface area (Å²) in [7, 11) is 0. The van der Waals surface area contributed by atoms with Gasteiger partial charge >= 0.3 is 0 Å². The van der Waals surface area contributed by atoms with Crippen molar-refractivity contribution in [3.63, 3.8) is 0 Å². The first-order valence-electron chi connectivity index (χ1n) is 5.78. The molecule has 3 N–H and O–H groups in total. The highest BCUT2D eigenvalue weighted by molar-refractivity contribution is 6.31. The van der Waals surface area contributed by atoms with Crippen LogP contribution >= 0.6 is 11.6 Å². The van der Waals surface area contributed by atoms with Crippen LogP contribution in [-0.4, -0.2) is 10.9 Å². The second-order valence-electron chi connectivity index (χ2n) is 4.11. The fraction of sp³-hybridized carbons (Fsp3) is 0.0714. The number of aromatic nitrogens is 1. The molecule has 0 aliphatic rings. The van der Waals surface area contributed by atoms with Crippen molar-refractivity contribution < 1.29 is 4.79 Å². The number of rotatable bonds is 3. The van der Waals surface area contributed by atoms with Crippen molar-refractivity contribution >= 4 is 28.9 Å². The Labute approximate surface area is 121 Å². The van der Waals surface area contributed by atoms with E-state index in [0.717, 1.165) is 0 Å². The predicted octanol–water partition coefficient (Wildman–Crippen LogP) is 2.37. The number of hydrogen-bond donors (Lipinski definition) is 2. The third-order valence-electron chi connectivity index (χ3n) is 2.57. The number of carbonyl (C=O) groups is 1. The van der Waals surface area contributed by atoms with Gasteiger partial charge in [0.15, 0.2) is 0 Å². The van der Waals surface area contributed by atoms with Crippen LogP contribution in [0, 0.1) is 11.3 Å². The molecule has 0 aliphatic carbocycles. The Balaban J connectivity index is 2.10. The Kier molecular flexibility index (Phi) is 4.18. The zero-order valence-corrected chi connectivity index (χ0v) is 11.2. The third kappa shape index (κ3) is 3.46. The fourth-order valence-electron chi connectivity index (χ4n) is 1.62. The Morgan fingerprint density at radius 2 is 2.20 bits per heavy atom. The molecule has 2 rings (SSSR count). The molecule has 1 aromatic heterocycles. The smallest absolute Gasteiger partial charge is 0.230 e. The van der Waals surface area contributed by atoms with E-state index < -0.39 is 0 Å². The van der Waals surface area contributed by atoms with Crippen molar-refractivity contribution in [1.82, 2.24) is 4.98 Å². The number of nitrogen functional groups attached to an aromatic ring is 1. The molecule has 0 atom stereocenters. The van der Waals surface area contributed by atoms with Gasteiger partial charge in [-0.3, -0.25) is 9.78 Å². The minimum Gasteiger partial charge on any atom is -0.397 e. The van der Waals surface area contributed by atoms with E-state index in [4.69, 9.17) is 22.6 Å². The lowest BCUT2D eigenvalue weighted by Crippen LogP contribution is -2.16. The molecule has 0 radical (unpaired) electrons. The van der Waals surface area contributed by atoms with Gasteiger partial charge in [-0.05, 0) is 30.3 Å². The molecule has 0 aliphatic heterocycles. The Bertz CT molecular complexity index is 677. The number of pyridine rings is 1. The molecule has 20 heavy (non-hydrogen) atoms. The molecule has 0 unspecified atom stereocenters.